The van der Waals surface area contributed by atoms with E-state index in [-0.39, 0.29) is 25.6 Å². The summed E-state index contributed by atoms with van der Waals surface area (Å²) in [5.41, 5.74) is 0. The molecule has 10 heteroatoms. The second-order valence-corrected chi connectivity index (χ2v) is 8.08. The SMILES string of the molecule is CCCCOC(C)C(=O)N1CCOC(CN(CC(=O)O)S(C)(=O)=O)C1. The van der Waals surface area contributed by atoms with Crippen molar-refractivity contribution in [2.45, 2.75) is 38.9 Å². The number of ether oxygens (including phenoxy) is 2. The number of rotatable bonds is 10. The lowest BCUT2D eigenvalue weighted by Crippen LogP contribution is -2.53. The molecular weight excluding hydrogens is 352 g/mol. The molecule has 0 aromatic heterocycles. The third-order valence-electron chi connectivity index (χ3n) is 3.85. The van der Waals surface area contributed by atoms with Gasteiger partial charge in [0.25, 0.3) is 5.91 Å². The van der Waals surface area contributed by atoms with Crippen molar-refractivity contribution < 1.29 is 32.6 Å². The van der Waals surface area contributed by atoms with Gasteiger partial charge in [-0.1, -0.05) is 13.3 Å². The number of amides is 1. The molecule has 1 aliphatic rings. The lowest BCUT2D eigenvalue weighted by atomic mass is 10.2. The number of sulfonamides is 1. The Kier molecular flexibility index (Phi) is 8.77. The molecular formula is C15H28N2O7S. The van der Waals surface area contributed by atoms with Crippen molar-refractivity contribution in [1.82, 2.24) is 9.21 Å². The molecule has 0 bridgehead atoms. The monoisotopic (exact) mass is 380 g/mol. The number of carboxylic acids is 1. The van der Waals surface area contributed by atoms with E-state index in [2.05, 4.69) is 0 Å². The van der Waals surface area contributed by atoms with Gasteiger partial charge >= 0.3 is 5.97 Å². The third kappa shape index (κ3) is 7.68. The Balaban J connectivity index is 2.63. The smallest absolute Gasteiger partial charge is 0.318 e. The van der Waals surface area contributed by atoms with E-state index in [1.165, 1.54) is 0 Å². The van der Waals surface area contributed by atoms with Gasteiger partial charge in [-0.3, -0.25) is 9.59 Å². The molecule has 1 heterocycles. The summed E-state index contributed by atoms with van der Waals surface area (Å²) in [7, 11) is -3.68. The van der Waals surface area contributed by atoms with Crippen molar-refractivity contribution >= 4 is 21.9 Å². The fourth-order valence-electron chi connectivity index (χ4n) is 2.46. The Morgan fingerprint density at radius 3 is 2.68 bits per heavy atom. The first-order chi connectivity index (χ1) is 11.6. The minimum atomic E-state index is -3.68. The highest BCUT2D eigenvalue weighted by molar-refractivity contribution is 7.88. The molecule has 1 fully saturated rings. The average molecular weight is 380 g/mol. The molecule has 2 atom stereocenters. The summed E-state index contributed by atoms with van der Waals surface area (Å²) in [4.78, 5) is 24.9. The van der Waals surface area contributed by atoms with Crippen molar-refractivity contribution in [2.75, 3.05) is 45.6 Å². The number of morpholine rings is 1. The number of unbranched alkanes of at least 4 members (excludes halogenated alkanes) is 1. The summed E-state index contributed by atoms with van der Waals surface area (Å²) in [5.74, 6) is -1.42. The fraction of sp³-hybridized carbons (Fsp3) is 0.867. The molecule has 0 aliphatic carbocycles. The largest absolute Gasteiger partial charge is 0.480 e. The summed E-state index contributed by atoms with van der Waals surface area (Å²) >= 11 is 0. The molecule has 0 aromatic carbocycles. The minimum Gasteiger partial charge on any atom is -0.480 e. The van der Waals surface area contributed by atoms with Crippen molar-refractivity contribution in [3.05, 3.63) is 0 Å². The van der Waals surface area contributed by atoms with Gasteiger partial charge in [0, 0.05) is 26.2 Å². The quantitative estimate of drug-likeness (QED) is 0.521. The zero-order valence-electron chi connectivity index (χ0n) is 15.0. The number of hydrogen-bond acceptors (Lipinski definition) is 6. The number of carboxylic acid groups (broad SMARTS) is 1. The maximum absolute atomic E-state index is 12.4. The Morgan fingerprint density at radius 2 is 2.12 bits per heavy atom. The highest BCUT2D eigenvalue weighted by Crippen LogP contribution is 2.12. The van der Waals surface area contributed by atoms with Crippen LogP contribution in [0.25, 0.3) is 0 Å². The van der Waals surface area contributed by atoms with Crippen molar-refractivity contribution in [3.63, 3.8) is 0 Å². The van der Waals surface area contributed by atoms with Crippen LogP contribution in [0.15, 0.2) is 0 Å². The van der Waals surface area contributed by atoms with Crippen LogP contribution < -0.4 is 0 Å². The van der Waals surface area contributed by atoms with E-state index < -0.39 is 34.7 Å². The molecule has 1 N–H and O–H groups in total. The molecule has 1 saturated heterocycles. The zero-order valence-corrected chi connectivity index (χ0v) is 15.8. The molecule has 2 unspecified atom stereocenters. The Morgan fingerprint density at radius 1 is 1.44 bits per heavy atom. The Hall–Kier alpha value is -1.23. The van der Waals surface area contributed by atoms with Gasteiger partial charge in [-0.15, -0.1) is 0 Å². The highest BCUT2D eigenvalue weighted by atomic mass is 32.2. The van der Waals surface area contributed by atoms with Crippen LogP contribution in [0, 0.1) is 0 Å². The standard InChI is InChI=1S/C15H28N2O7S/c1-4-5-7-23-12(2)15(20)16-6-8-24-13(9-16)10-17(11-14(18)19)25(3,21)22/h12-13H,4-11H2,1-3H3,(H,18,19). The van der Waals surface area contributed by atoms with Gasteiger partial charge in [-0.2, -0.15) is 4.31 Å². The van der Waals surface area contributed by atoms with Gasteiger partial charge in [0.15, 0.2) is 0 Å². The van der Waals surface area contributed by atoms with Gasteiger partial charge in [-0.05, 0) is 13.3 Å². The lowest BCUT2D eigenvalue weighted by molar-refractivity contribution is -0.150. The first kappa shape index (κ1) is 21.8. The van der Waals surface area contributed by atoms with Gasteiger partial charge in [0.05, 0.1) is 19.0 Å². The van der Waals surface area contributed by atoms with Crippen LogP contribution >= 0.6 is 0 Å². The molecule has 1 aliphatic heterocycles. The molecule has 9 nitrogen and oxygen atoms in total. The summed E-state index contributed by atoms with van der Waals surface area (Å²) in [6.45, 7) is 4.35. The van der Waals surface area contributed by atoms with Gasteiger partial charge in [0.1, 0.15) is 12.6 Å². The van der Waals surface area contributed by atoms with Crippen LogP contribution in [-0.2, 0) is 29.1 Å². The van der Waals surface area contributed by atoms with Gasteiger partial charge in [-0.25, -0.2) is 8.42 Å². The van der Waals surface area contributed by atoms with Crippen LogP contribution in [-0.4, -0.2) is 92.5 Å². The van der Waals surface area contributed by atoms with Crippen molar-refractivity contribution in [3.8, 4) is 0 Å². The zero-order chi connectivity index (χ0) is 19.0. The Labute approximate surface area is 148 Å². The van der Waals surface area contributed by atoms with Crippen LogP contribution in [0.1, 0.15) is 26.7 Å². The molecule has 0 aromatic rings. The van der Waals surface area contributed by atoms with E-state index in [4.69, 9.17) is 14.6 Å². The predicted octanol–water partition coefficient (Wildman–Crippen LogP) is -0.235. The normalized spacial score (nSPS) is 19.8. The average Bonchev–Trinajstić information content (AvgIpc) is 2.52. The number of nitrogens with zero attached hydrogens (tertiary/aromatic N) is 2. The molecule has 146 valence electrons. The van der Waals surface area contributed by atoms with E-state index in [0.717, 1.165) is 23.4 Å². The van der Waals surface area contributed by atoms with E-state index in [0.29, 0.717) is 13.2 Å². The van der Waals surface area contributed by atoms with Gasteiger partial charge < -0.3 is 19.5 Å². The van der Waals surface area contributed by atoms with Crippen LogP contribution in [0.5, 0.6) is 0 Å². The maximum Gasteiger partial charge on any atom is 0.318 e. The minimum absolute atomic E-state index is 0.111. The summed E-state index contributed by atoms with van der Waals surface area (Å²) < 4.78 is 35.3. The highest BCUT2D eigenvalue weighted by Gasteiger charge is 2.31. The molecule has 1 amide bonds. The summed E-state index contributed by atoms with van der Waals surface area (Å²) in [6.07, 6.45) is 1.66. The molecule has 25 heavy (non-hydrogen) atoms. The van der Waals surface area contributed by atoms with Crippen LogP contribution in [0.4, 0.5) is 0 Å². The van der Waals surface area contributed by atoms with E-state index >= 15 is 0 Å². The molecule has 0 saturated carbocycles. The fourth-order valence-corrected chi connectivity index (χ4v) is 3.24. The van der Waals surface area contributed by atoms with E-state index in [1.807, 2.05) is 6.92 Å². The molecule has 0 radical (unpaired) electrons. The summed E-state index contributed by atoms with van der Waals surface area (Å²) in [6, 6.07) is 0. The third-order valence-corrected chi connectivity index (χ3v) is 5.07. The van der Waals surface area contributed by atoms with Crippen LogP contribution in [0.3, 0.4) is 0 Å². The maximum atomic E-state index is 12.4. The van der Waals surface area contributed by atoms with Crippen molar-refractivity contribution in [1.29, 1.82) is 0 Å². The van der Waals surface area contributed by atoms with Crippen molar-refractivity contribution in [2.24, 2.45) is 0 Å². The van der Waals surface area contributed by atoms with E-state index in [1.54, 1.807) is 11.8 Å². The van der Waals surface area contributed by atoms with Crippen LogP contribution in [0.2, 0.25) is 0 Å². The lowest BCUT2D eigenvalue weighted by Gasteiger charge is -2.36. The topological polar surface area (TPSA) is 113 Å². The number of carbonyl (C=O) groups excluding carboxylic acids is 1. The first-order valence-electron chi connectivity index (χ1n) is 8.34. The molecule has 0 spiro atoms. The second kappa shape index (κ2) is 10.0. The second-order valence-electron chi connectivity index (χ2n) is 6.09. The van der Waals surface area contributed by atoms with Gasteiger partial charge in [0.2, 0.25) is 10.0 Å². The Bertz CT molecular complexity index is 552. The summed E-state index contributed by atoms with van der Waals surface area (Å²) in [5, 5.41) is 8.86. The predicted molar refractivity (Wildman–Crippen MR) is 90.7 cm³/mol. The number of carbonyl (C=O) groups is 2. The number of hydrogen-bond donors (Lipinski definition) is 1. The van der Waals surface area contributed by atoms with E-state index in [9.17, 15) is 18.0 Å². The first-order valence-corrected chi connectivity index (χ1v) is 10.2. The number of aliphatic carboxylic acids is 1. The molecule has 1 rings (SSSR count).